The first-order valence-corrected chi connectivity index (χ1v) is 10.6. The smallest absolute Gasteiger partial charge is 0.244 e. The molecule has 2 rings (SSSR count). The maximum absolute atomic E-state index is 12.7. The highest BCUT2D eigenvalue weighted by atomic mass is 32.2. The molecule has 0 bridgehead atoms. The van der Waals surface area contributed by atoms with Crippen molar-refractivity contribution in [3.8, 4) is 5.75 Å². The van der Waals surface area contributed by atoms with Crippen molar-refractivity contribution in [3.63, 3.8) is 0 Å². The summed E-state index contributed by atoms with van der Waals surface area (Å²) in [6.45, 7) is 12.1. The molecule has 1 fully saturated rings. The Balaban J connectivity index is 1.98. The molecule has 142 valence electrons. The molecule has 25 heavy (non-hydrogen) atoms. The van der Waals surface area contributed by atoms with Gasteiger partial charge in [-0.1, -0.05) is 13.8 Å². The number of rotatable bonds is 7. The fourth-order valence-corrected chi connectivity index (χ4v) is 4.68. The lowest BCUT2D eigenvalue weighted by Crippen LogP contribution is -2.40. The quantitative estimate of drug-likeness (QED) is 0.804. The van der Waals surface area contributed by atoms with Gasteiger partial charge >= 0.3 is 0 Å². The Labute approximate surface area is 152 Å². The number of likely N-dealkylation sites (tertiary alicyclic amines) is 1. The van der Waals surface area contributed by atoms with Crippen LogP contribution in [0.15, 0.2) is 17.0 Å². The zero-order valence-corrected chi connectivity index (χ0v) is 16.9. The molecule has 0 aliphatic carbocycles. The third kappa shape index (κ3) is 5.43. The molecule has 0 radical (unpaired) electrons. The summed E-state index contributed by atoms with van der Waals surface area (Å²) >= 11 is 0. The van der Waals surface area contributed by atoms with Crippen LogP contribution in [-0.2, 0) is 10.0 Å². The van der Waals surface area contributed by atoms with Gasteiger partial charge in [-0.05, 0) is 74.9 Å². The third-order valence-electron chi connectivity index (χ3n) is 4.96. The third-order valence-corrected chi connectivity index (χ3v) is 6.41. The molecule has 0 unspecified atom stereocenters. The Bertz CT molecular complexity index is 678. The largest absolute Gasteiger partial charge is 0.495 e. The number of piperidine rings is 1. The molecule has 1 aromatic carbocycles. The number of hydrogen-bond acceptors (Lipinski definition) is 4. The van der Waals surface area contributed by atoms with E-state index in [9.17, 15) is 8.42 Å². The number of methoxy groups -OCH3 is 1. The molecule has 5 nitrogen and oxygen atoms in total. The lowest BCUT2D eigenvalue weighted by atomic mass is 9.96. The van der Waals surface area contributed by atoms with Gasteiger partial charge in [0, 0.05) is 13.1 Å². The fourth-order valence-electron chi connectivity index (χ4n) is 3.33. The van der Waals surface area contributed by atoms with Gasteiger partial charge < -0.3 is 9.64 Å². The highest BCUT2D eigenvalue weighted by Crippen LogP contribution is 2.27. The van der Waals surface area contributed by atoms with E-state index in [1.807, 2.05) is 13.8 Å². The number of aryl methyl sites for hydroxylation is 2. The second kappa shape index (κ2) is 8.52. The summed E-state index contributed by atoms with van der Waals surface area (Å²) in [6, 6.07) is 3.48. The van der Waals surface area contributed by atoms with Crippen molar-refractivity contribution in [2.24, 2.45) is 11.8 Å². The van der Waals surface area contributed by atoms with Crippen LogP contribution in [0, 0.1) is 25.7 Å². The van der Waals surface area contributed by atoms with E-state index in [1.165, 1.54) is 7.11 Å². The van der Waals surface area contributed by atoms with Gasteiger partial charge in [0.15, 0.2) is 0 Å². The van der Waals surface area contributed by atoms with E-state index in [1.54, 1.807) is 12.1 Å². The van der Waals surface area contributed by atoms with Crippen molar-refractivity contribution >= 4 is 10.0 Å². The van der Waals surface area contributed by atoms with Gasteiger partial charge in [-0.3, -0.25) is 0 Å². The lowest BCUT2D eigenvalue weighted by molar-refractivity contribution is 0.169. The van der Waals surface area contributed by atoms with Gasteiger partial charge in [-0.25, -0.2) is 13.1 Å². The summed E-state index contributed by atoms with van der Waals surface area (Å²) in [4.78, 5) is 2.71. The molecule has 1 aromatic rings. The van der Waals surface area contributed by atoms with Crippen LogP contribution in [0.3, 0.4) is 0 Å². The van der Waals surface area contributed by atoms with E-state index in [0.29, 0.717) is 24.1 Å². The Morgan fingerprint density at radius 1 is 1.20 bits per heavy atom. The Hall–Kier alpha value is -1.11. The van der Waals surface area contributed by atoms with Gasteiger partial charge in [0.25, 0.3) is 0 Å². The SMILES string of the molecule is COc1cc(C)c(C)cc1S(=O)(=O)NCC1CCN(CC(C)C)CC1. The molecule has 0 amide bonds. The number of sulfonamides is 1. The Kier molecular flexibility index (Phi) is 6.88. The van der Waals surface area contributed by atoms with Crippen LogP contribution < -0.4 is 9.46 Å². The van der Waals surface area contributed by atoms with E-state index >= 15 is 0 Å². The molecule has 1 aliphatic heterocycles. The Morgan fingerprint density at radius 2 is 1.80 bits per heavy atom. The summed E-state index contributed by atoms with van der Waals surface area (Å²) in [5, 5.41) is 0. The zero-order chi connectivity index (χ0) is 18.6. The summed E-state index contributed by atoms with van der Waals surface area (Å²) in [7, 11) is -2.06. The van der Waals surface area contributed by atoms with Crippen molar-refractivity contribution in [2.75, 3.05) is 33.3 Å². The number of nitrogens with one attached hydrogen (secondary N) is 1. The average molecular weight is 369 g/mol. The lowest BCUT2D eigenvalue weighted by Gasteiger charge is -2.33. The summed E-state index contributed by atoms with van der Waals surface area (Å²) in [6.07, 6.45) is 2.08. The van der Waals surface area contributed by atoms with E-state index in [0.717, 1.165) is 43.6 Å². The highest BCUT2D eigenvalue weighted by Gasteiger charge is 2.24. The van der Waals surface area contributed by atoms with Crippen molar-refractivity contribution in [1.82, 2.24) is 9.62 Å². The standard InChI is InChI=1S/C19H32N2O3S/c1-14(2)13-21-8-6-17(7-9-21)12-20-25(22,23)19-11-16(4)15(3)10-18(19)24-5/h10-11,14,17,20H,6-9,12-13H2,1-5H3. The molecular weight excluding hydrogens is 336 g/mol. The first-order valence-electron chi connectivity index (χ1n) is 9.10. The fraction of sp³-hybridized carbons (Fsp3) is 0.684. The minimum Gasteiger partial charge on any atom is -0.495 e. The van der Waals surface area contributed by atoms with Crippen LogP contribution in [-0.4, -0.2) is 46.6 Å². The molecule has 0 spiro atoms. The van der Waals surface area contributed by atoms with Gasteiger partial charge in [0.2, 0.25) is 10.0 Å². The number of hydrogen-bond donors (Lipinski definition) is 1. The van der Waals surface area contributed by atoms with Crippen molar-refractivity contribution in [1.29, 1.82) is 0 Å². The van der Waals surface area contributed by atoms with E-state index in [2.05, 4.69) is 23.5 Å². The van der Waals surface area contributed by atoms with Crippen molar-refractivity contribution in [3.05, 3.63) is 23.3 Å². The second-order valence-electron chi connectivity index (χ2n) is 7.58. The second-order valence-corrected chi connectivity index (χ2v) is 9.31. The topological polar surface area (TPSA) is 58.6 Å². The summed E-state index contributed by atoms with van der Waals surface area (Å²) in [5.41, 5.74) is 1.97. The Morgan fingerprint density at radius 3 is 2.36 bits per heavy atom. The maximum Gasteiger partial charge on any atom is 0.244 e. The van der Waals surface area contributed by atoms with E-state index in [-0.39, 0.29) is 4.90 Å². The van der Waals surface area contributed by atoms with E-state index < -0.39 is 10.0 Å². The monoisotopic (exact) mass is 368 g/mol. The first-order chi connectivity index (χ1) is 11.7. The molecule has 6 heteroatoms. The van der Waals surface area contributed by atoms with Gasteiger partial charge in [0.1, 0.15) is 10.6 Å². The van der Waals surface area contributed by atoms with Gasteiger partial charge in [0.05, 0.1) is 7.11 Å². The van der Waals surface area contributed by atoms with Crippen LogP contribution >= 0.6 is 0 Å². The van der Waals surface area contributed by atoms with E-state index in [4.69, 9.17) is 4.74 Å². The first kappa shape index (κ1) is 20.2. The number of ether oxygens (including phenoxy) is 1. The minimum atomic E-state index is -3.56. The predicted octanol–water partition coefficient (Wildman–Crippen LogP) is 2.96. The van der Waals surface area contributed by atoms with Gasteiger partial charge in [-0.15, -0.1) is 0 Å². The molecule has 0 aromatic heterocycles. The van der Waals surface area contributed by atoms with Crippen LogP contribution in [0.1, 0.15) is 37.8 Å². The summed E-state index contributed by atoms with van der Waals surface area (Å²) < 4.78 is 33.5. The molecule has 0 atom stereocenters. The molecule has 1 aliphatic rings. The number of benzene rings is 1. The van der Waals surface area contributed by atoms with Crippen molar-refractivity contribution in [2.45, 2.75) is 45.4 Å². The normalized spacial score (nSPS) is 17.2. The summed E-state index contributed by atoms with van der Waals surface area (Å²) in [5.74, 6) is 1.48. The van der Waals surface area contributed by atoms with Gasteiger partial charge in [-0.2, -0.15) is 0 Å². The highest BCUT2D eigenvalue weighted by molar-refractivity contribution is 7.89. The molecule has 0 saturated carbocycles. The predicted molar refractivity (Wildman–Crippen MR) is 102 cm³/mol. The number of nitrogens with zero attached hydrogens (tertiary/aromatic N) is 1. The zero-order valence-electron chi connectivity index (χ0n) is 16.1. The minimum absolute atomic E-state index is 0.232. The average Bonchev–Trinajstić information content (AvgIpc) is 2.55. The molecule has 1 N–H and O–H groups in total. The molecule has 1 heterocycles. The molecule has 1 saturated heterocycles. The van der Waals surface area contributed by atoms with Crippen LogP contribution in [0.4, 0.5) is 0 Å². The molecular formula is C19H32N2O3S. The van der Waals surface area contributed by atoms with Crippen LogP contribution in [0.25, 0.3) is 0 Å². The van der Waals surface area contributed by atoms with Crippen LogP contribution in [0.2, 0.25) is 0 Å². The van der Waals surface area contributed by atoms with Crippen LogP contribution in [0.5, 0.6) is 5.75 Å². The maximum atomic E-state index is 12.7. The van der Waals surface area contributed by atoms with Crippen molar-refractivity contribution < 1.29 is 13.2 Å².